The molecule has 0 spiro atoms. The zero-order valence-corrected chi connectivity index (χ0v) is 12.3. The van der Waals surface area contributed by atoms with Gasteiger partial charge < -0.3 is 9.84 Å². The Bertz CT molecular complexity index is 463. The van der Waals surface area contributed by atoms with Gasteiger partial charge in [0.2, 0.25) is 0 Å². The number of hydrogen-bond donors (Lipinski definition) is 1. The van der Waals surface area contributed by atoms with Crippen molar-refractivity contribution in [3.05, 3.63) is 29.8 Å². The summed E-state index contributed by atoms with van der Waals surface area (Å²) >= 11 is 0. The highest BCUT2D eigenvalue weighted by Gasteiger charge is 2.07. The molecule has 4 nitrogen and oxygen atoms in total. The Kier molecular flexibility index (Phi) is 6.31. The van der Waals surface area contributed by atoms with E-state index in [9.17, 15) is 13.5 Å². The van der Waals surface area contributed by atoms with Crippen LogP contribution in [0.25, 0.3) is 0 Å². The fourth-order valence-corrected chi connectivity index (χ4v) is 2.18. The van der Waals surface area contributed by atoms with E-state index in [1.54, 1.807) is 13.8 Å². The Hall–Kier alpha value is -1.07. The van der Waals surface area contributed by atoms with Crippen LogP contribution < -0.4 is 4.74 Å². The van der Waals surface area contributed by atoms with Gasteiger partial charge in [0, 0.05) is 5.75 Å². The molecule has 0 aliphatic carbocycles. The van der Waals surface area contributed by atoms with E-state index in [1.165, 1.54) is 0 Å². The van der Waals surface area contributed by atoms with E-state index < -0.39 is 9.84 Å². The highest BCUT2D eigenvalue weighted by Crippen LogP contribution is 2.14. The minimum Gasteiger partial charge on any atom is -0.493 e. The number of sulfone groups is 1. The summed E-state index contributed by atoms with van der Waals surface area (Å²) in [6.07, 6.45) is 1.26. The van der Waals surface area contributed by atoms with Crippen LogP contribution in [0.4, 0.5) is 0 Å². The summed E-state index contributed by atoms with van der Waals surface area (Å²) in [5.41, 5.74) is 1.13. The smallest absolute Gasteiger partial charge is 0.153 e. The van der Waals surface area contributed by atoms with Crippen LogP contribution in [0, 0.1) is 0 Å². The lowest BCUT2D eigenvalue weighted by Crippen LogP contribution is -2.15. The second-order valence-corrected chi connectivity index (χ2v) is 7.09. The number of aryl methyl sites for hydroxylation is 1. The minimum atomic E-state index is -2.97. The van der Waals surface area contributed by atoms with Crippen molar-refractivity contribution in [3.63, 3.8) is 0 Å². The lowest BCUT2D eigenvalue weighted by atomic mass is 10.1. The summed E-state index contributed by atoms with van der Waals surface area (Å²) in [7, 11) is -2.97. The lowest BCUT2D eigenvalue weighted by molar-refractivity contribution is 0.185. The van der Waals surface area contributed by atoms with E-state index in [0.717, 1.165) is 18.4 Å². The average molecular weight is 286 g/mol. The Morgan fingerprint density at radius 1 is 1.26 bits per heavy atom. The molecule has 5 heteroatoms. The maximum absolute atomic E-state index is 11.3. The van der Waals surface area contributed by atoms with Crippen molar-refractivity contribution in [1.82, 2.24) is 0 Å². The molecule has 0 fully saturated rings. The van der Waals surface area contributed by atoms with Gasteiger partial charge in [-0.05, 0) is 37.5 Å². The first-order chi connectivity index (χ1) is 8.93. The van der Waals surface area contributed by atoms with Gasteiger partial charge in [-0.2, -0.15) is 0 Å². The molecule has 108 valence electrons. The van der Waals surface area contributed by atoms with E-state index in [0.29, 0.717) is 5.75 Å². The number of ether oxygens (including phenoxy) is 1. The number of benzene rings is 1. The van der Waals surface area contributed by atoms with E-state index in [2.05, 4.69) is 0 Å². The predicted molar refractivity (Wildman–Crippen MR) is 76.3 cm³/mol. The maximum atomic E-state index is 11.3. The number of rotatable bonds is 8. The molecule has 1 aromatic carbocycles. The van der Waals surface area contributed by atoms with E-state index in [1.807, 2.05) is 24.3 Å². The molecule has 0 bridgehead atoms. The van der Waals surface area contributed by atoms with Gasteiger partial charge in [0.05, 0.1) is 11.9 Å². The molecular weight excluding hydrogens is 264 g/mol. The number of aliphatic hydroxyl groups is 1. The van der Waals surface area contributed by atoms with Crippen molar-refractivity contribution in [1.29, 1.82) is 0 Å². The molecule has 0 amide bonds. The lowest BCUT2D eigenvalue weighted by Gasteiger charge is -2.08. The summed E-state index contributed by atoms with van der Waals surface area (Å²) in [6.45, 7) is 3.58. The molecule has 0 aliphatic heterocycles. The Labute approximate surface area is 115 Å². The molecule has 0 saturated carbocycles. The first-order valence-corrected chi connectivity index (χ1v) is 8.35. The van der Waals surface area contributed by atoms with Crippen LogP contribution in [0.1, 0.15) is 25.8 Å². The molecule has 1 atom stereocenters. The van der Waals surface area contributed by atoms with Gasteiger partial charge in [0.1, 0.15) is 12.4 Å². The first-order valence-electron chi connectivity index (χ1n) is 6.53. The van der Waals surface area contributed by atoms with Crippen LogP contribution in [0.2, 0.25) is 0 Å². The summed E-state index contributed by atoms with van der Waals surface area (Å²) in [6, 6.07) is 7.53. The first kappa shape index (κ1) is 16.0. The zero-order chi connectivity index (χ0) is 14.3. The molecule has 0 aliphatic rings. The second-order valence-electron chi connectivity index (χ2n) is 4.62. The van der Waals surface area contributed by atoms with Crippen LogP contribution >= 0.6 is 0 Å². The van der Waals surface area contributed by atoms with Gasteiger partial charge in [-0.15, -0.1) is 0 Å². The van der Waals surface area contributed by atoms with Gasteiger partial charge in [-0.1, -0.05) is 19.1 Å². The molecule has 0 aromatic heterocycles. The topological polar surface area (TPSA) is 63.6 Å². The normalized spacial score (nSPS) is 13.2. The molecule has 0 heterocycles. The van der Waals surface area contributed by atoms with Crippen molar-refractivity contribution >= 4 is 9.84 Å². The molecule has 19 heavy (non-hydrogen) atoms. The molecule has 1 aromatic rings. The number of hydrogen-bond acceptors (Lipinski definition) is 4. The van der Waals surface area contributed by atoms with Crippen LogP contribution in [0.3, 0.4) is 0 Å². The summed E-state index contributed by atoms with van der Waals surface area (Å²) < 4.78 is 28.0. The molecule has 1 N–H and O–H groups in total. The second kappa shape index (κ2) is 7.50. The largest absolute Gasteiger partial charge is 0.493 e. The monoisotopic (exact) mass is 286 g/mol. The third kappa shape index (κ3) is 6.59. The van der Waals surface area contributed by atoms with E-state index in [-0.39, 0.29) is 24.2 Å². The van der Waals surface area contributed by atoms with Crippen LogP contribution in [0.15, 0.2) is 24.3 Å². The molecule has 1 rings (SSSR count). The molecule has 1 unspecified atom stereocenters. The predicted octanol–water partition coefficient (Wildman–Crippen LogP) is 1.81. The molecular formula is C14H22O4S. The van der Waals surface area contributed by atoms with Gasteiger partial charge in [0.25, 0.3) is 0 Å². The van der Waals surface area contributed by atoms with E-state index >= 15 is 0 Å². The number of aliphatic hydroxyl groups excluding tert-OH is 1. The van der Waals surface area contributed by atoms with Crippen molar-refractivity contribution in [2.24, 2.45) is 0 Å². The van der Waals surface area contributed by atoms with Crippen LogP contribution in [0.5, 0.6) is 5.75 Å². The third-order valence-electron chi connectivity index (χ3n) is 2.88. The van der Waals surface area contributed by atoms with Crippen molar-refractivity contribution in [2.45, 2.75) is 32.8 Å². The summed E-state index contributed by atoms with van der Waals surface area (Å²) in [4.78, 5) is 0. The minimum absolute atomic E-state index is 0.0489. The fourth-order valence-electron chi connectivity index (χ4n) is 1.56. The average Bonchev–Trinajstić information content (AvgIpc) is 2.37. The SMILES string of the molecule is CCS(=O)(=O)CCOc1ccc(CCC(C)O)cc1. The Morgan fingerprint density at radius 2 is 1.89 bits per heavy atom. The molecule has 0 saturated heterocycles. The van der Waals surface area contributed by atoms with Crippen LogP contribution in [-0.4, -0.2) is 37.7 Å². The highest BCUT2D eigenvalue weighted by atomic mass is 32.2. The van der Waals surface area contributed by atoms with E-state index in [4.69, 9.17) is 4.74 Å². The highest BCUT2D eigenvalue weighted by molar-refractivity contribution is 7.91. The summed E-state index contributed by atoms with van der Waals surface area (Å²) in [5, 5.41) is 9.20. The van der Waals surface area contributed by atoms with Gasteiger partial charge in [-0.3, -0.25) is 0 Å². The summed E-state index contributed by atoms with van der Waals surface area (Å²) in [5.74, 6) is 0.870. The standard InChI is InChI=1S/C14H22O4S/c1-3-19(16,17)11-10-18-14-8-6-13(7-9-14)5-4-12(2)15/h6-9,12,15H,3-5,10-11H2,1-2H3. The van der Waals surface area contributed by atoms with Crippen LogP contribution in [-0.2, 0) is 16.3 Å². The zero-order valence-electron chi connectivity index (χ0n) is 11.5. The Balaban J connectivity index is 2.40. The van der Waals surface area contributed by atoms with Crippen molar-refractivity contribution in [3.8, 4) is 5.75 Å². The Morgan fingerprint density at radius 3 is 2.42 bits per heavy atom. The van der Waals surface area contributed by atoms with Gasteiger partial charge >= 0.3 is 0 Å². The van der Waals surface area contributed by atoms with Gasteiger partial charge in [0.15, 0.2) is 9.84 Å². The van der Waals surface area contributed by atoms with Crippen molar-refractivity contribution < 1.29 is 18.3 Å². The quantitative estimate of drug-likeness (QED) is 0.791. The van der Waals surface area contributed by atoms with Crippen molar-refractivity contribution in [2.75, 3.05) is 18.1 Å². The fraction of sp³-hybridized carbons (Fsp3) is 0.571. The maximum Gasteiger partial charge on any atom is 0.153 e. The molecule has 0 radical (unpaired) electrons. The van der Waals surface area contributed by atoms with Gasteiger partial charge in [-0.25, -0.2) is 8.42 Å². The third-order valence-corrected chi connectivity index (χ3v) is 4.55.